The van der Waals surface area contributed by atoms with Crippen molar-refractivity contribution in [2.45, 2.75) is 58.2 Å². The first-order chi connectivity index (χ1) is 7.95. The van der Waals surface area contributed by atoms with Gasteiger partial charge in [0.05, 0.1) is 6.54 Å². The van der Waals surface area contributed by atoms with Crippen molar-refractivity contribution in [1.82, 2.24) is 5.32 Å². The number of nitrogens with one attached hydrogen (secondary N) is 1. The van der Waals surface area contributed by atoms with Crippen LogP contribution < -0.4 is 11.1 Å². The molecule has 0 aromatic carbocycles. The molecule has 17 heavy (non-hydrogen) atoms. The van der Waals surface area contributed by atoms with Crippen molar-refractivity contribution in [3.8, 4) is 0 Å². The minimum Gasteiger partial charge on any atom is -0.370 e. The highest BCUT2D eigenvalue weighted by molar-refractivity contribution is 7.99. The van der Waals surface area contributed by atoms with Gasteiger partial charge in [-0.2, -0.15) is 11.8 Å². The number of hydrogen-bond donors (Lipinski definition) is 2. The normalized spacial score (nSPS) is 16.0. The molecule has 0 bridgehead atoms. The van der Waals surface area contributed by atoms with E-state index in [0.29, 0.717) is 17.3 Å². The summed E-state index contributed by atoms with van der Waals surface area (Å²) in [6, 6.07) is 0.419. The van der Waals surface area contributed by atoms with E-state index in [1.54, 1.807) is 0 Å². The SMILES string of the molecule is CSC(C)CN=C(N)NC(C)CCCC(C)C. The van der Waals surface area contributed by atoms with E-state index in [4.69, 9.17) is 5.73 Å². The number of guanidine groups is 1. The zero-order valence-electron chi connectivity index (χ0n) is 12.0. The average molecular weight is 259 g/mol. The predicted molar refractivity (Wildman–Crippen MR) is 80.8 cm³/mol. The minimum absolute atomic E-state index is 0.419. The maximum atomic E-state index is 5.84. The highest BCUT2D eigenvalue weighted by atomic mass is 32.2. The molecule has 0 aromatic rings. The Balaban J connectivity index is 3.74. The summed E-state index contributed by atoms with van der Waals surface area (Å²) in [5, 5.41) is 3.79. The summed E-state index contributed by atoms with van der Waals surface area (Å²) < 4.78 is 0. The molecule has 2 unspecified atom stereocenters. The Morgan fingerprint density at radius 1 is 1.24 bits per heavy atom. The zero-order valence-corrected chi connectivity index (χ0v) is 12.8. The van der Waals surface area contributed by atoms with Crippen LogP contribution in [0.25, 0.3) is 0 Å². The van der Waals surface area contributed by atoms with Crippen LogP contribution in [0.1, 0.15) is 47.0 Å². The summed E-state index contributed by atoms with van der Waals surface area (Å²) in [4.78, 5) is 4.34. The third-order valence-corrected chi connectivity index (χ3v) is 3.69. The van der Waals surface area contributed by atoms with Crippen molar-refractivity contribution in [1.29, 1.82) is 0 Å². The summed E-state index contributed by atoms with van der Waals surface area (Å²) in [7, 11) is 0. The molecule has 0 amide bonds. The minimum atomic E-state index is 0.419. The van der Waals surface area contributed by atoms with Crippen molar-refractivity contribution in [3.05, 3.63) is 0 Å². The third kappa shape index (κ3) is 10.5. The highest BCUT2D eigenvalue weighted by Gasteiger charge is 2.04. The molecule has 0 aliphatic rings. The van der Waals surface area contributed by atoms with Gasteiger partial charge in [0.2, 0.25) is 0 Å². The predicted octanol–water partition coefficient (Wildman–Crippen LogP) is 2.86. The maximum Gasteiger partial charge on any atom is 0.188 e. The fraction of sp³-hybridized carbons (Fsp3) is 0.923. The van der Waals surface area contributed by atoms with Gasteiger partial charge in [0.25, 0.3) is 0 Å². The van der Waals surface area contributed by atoms with Gasteiger partial charge in [-0.05, 0) is 25.5 Å². The molecule has 0 radical (unpaired) electrons. The second-order valence-corrected chi connectivity index (χ2v) is 6.42. The molecule has 102 valence electrons. The van der Waals surface area contributed by atoms with Gasteiger partial charge in [0.15, 0.2) is 5.96 Å². The van der Waals surface area contributed by atoms with Crippen LogP contribution in [0.15, 0.2) is 4.99 Å². The second-order valence-electron chi connectivity index (χ2n) is 5.14. The van der Waals surface area contributed by atoms with E-state index < -0.39 is 0 Å². The van der Waals surface area contributed by atoms with Crippen LogP contribution in [0, 0.1) is 5.92 Å². The second kappa shape index (κ2) is 9.63. The van der Waals surface area contributed by atoms with E-state index in [9.17, 15) is 0 Å². The quantitative estimate of drug-likeness (QED) is 0.520. The van der Waals surface area contributed by atoms with Crippen LogP contribution in [-0.2, 0) is 0 Å². The van der Waals surface area contributed by atoms with E-state index in [2.05, 4.69) is 44.3 Å². The molecular formula is C13H29N3S. The Bertz CT molecular complexity index is 217. The first kappa shape index (κ1) is 16.6. The van der Waals surface area contributed by atoms with Crippen molar-refractivity contribution >= 4 is 17.7 Å². The molecule has 0 aliphatic carbocycles. The Morgan fingerprint density at radius 3 is 2.41 bits per heavy atom. The lowest BCUT2D eigenvalue weighted by atomic mass is 10.0. The largest absolute Gasteiger partial charge is 0.370 e. The first-order valence-electron chi connectivity index (χ1n) is 6.55. The van der Waals surface area contributed by atoms with E-state index in [-0.39, 0.29) is 0 Å². The van der Waals surface area contributed by atoms with Gasteiger partial charge >= 0.3 is 0 Å². The fourth-order valence-corrected chi connectivity index (χ4v) is 1.73. The average Bonchev–Trinajstić information content (AvgIpc) is 2.25. The highest BCUT2D eigenvalue weighted by Crippen LogP contribution is 2.08. The maximum absolute atomic E-state index is 5.84. The van der Waals surface area contributed by atoms with Crippen LogP contribution >= 0.6 is 11.8 Å². The van der Waals surface area contributed by atoms with Crippen LogP contribution in [0.3, 0.4) is 0 Å². The van der Waals surface area contributed by atoms with Gasteiger partial charge in [-0.3, -0.25) is 4.99 Å². The van der Waals surface area contributed by atoms with Crippen molar-refractivity contribution in [2.24, 2.45) is 16.6 Å². The van der Waals surface area contributed by atoms with Crippen molar-refractivity contribution in [2.75, 3.05) is 12.8 Å². The summed E-state index contributed by atoms with van der Waals surface area (Å²) in [5.41, 5.74) is 5.84. The number of hydrogen-bond acceptors (Lipinski definition) is 2. The van der Waals surface area contributed by atoms with Crippen molar-refractivity contribution in [3.63, 3.8) is 0 Å². The molecule has 0 spiro atoms. The summed E-state index contributed by atoms with van der Waals surface area (Å²) >= 11 is 1.81. The standard InChI is InChI=1S/C13H29N3S/c1-10(2)7-6-8-11(3)16-13(14)15-9-12(4)17-5/h10-12H,6-9H2,1-5H3,(H3,14,15,16). The Hall–Kier alpha value is -0.380. The Kier molecular flexibility index (Phi) is 9.41. The van der Waals surface area contributed by atoms with Gasteiger partial charge in [-0.1, -0.05) is 33.6 Å². The Morgan fingerprint density at radius 2 is 1.88 bits per heavy atom. The lowest BCUT2D eigenvalue weighted by Gasteiger charge is -2.15. The summed E-state index contributed by atoms with van der Waals surface area (Å²) in [6.07, 6.45) is 5.79. The summed E-state index contributed by atoms with van der Waals surface area (Å²) in [6.45, 7) is 9.64. The van der Waals surface area contributed by atoms with Crippen LogP contribution in [0.5, 0.6) is 0 Å². The smallest absolute Gasteiger partial charge is 0.188 e. The monoisotopic (exact) mass is 259 g/mol. The molecule has 0 saturated heterocycles. The number of thioether (sulfide) groups is 1. The molecule has 0 aromatic heterocycles. The molecule has 0 heterocycles. The number of nitrogens with two attached hydrogens (primary N) is 1. The number of rotatable bonds is 8. The van der Waals surface area contributed by atoms with E-state index in [0.717, 1.165) is 18.9 Å². The summed E-state index contributed by atoms with van der Waals surface area (Å²) in [5.74, 6) is 1.37. The molecule has 2 atom stereocenters. The van der Waals surface area contributed by atoms with Crippen LogP contribution in [0.2, 0.25) is 0 Å². The molecule has 0 saturated carbocycles. The van der Waals surface area contributed by atoms with E-state index >= 15 is 0 Å². The van der Waals surface area contributed by atoms with Crippen LogP contribution in [0.4, 0.5) is 0 Å². The first-order valence-corrected chi connectivity index (χ1v) is 7.83. The van der Waals surface area contributed by atoms with Crippen molar-refractivity contribution < 1.29 is 0 Å². The molecule has 0 fully saturated rings. The van der Waals surface area contributed by atoms with E-state index in [1.165, 1.54) is 12.8 Å². The molecule has 0 aliphatic heterocycles. The molecular weight excluding hydrogens is 230 g/mol. The van der Waals surface area contributed by atoms with Gasteiger partial charge in [0.1, 0.15) is 0 Å². The lowest BCUT2D eigenvalue weighted by Crippen LogP contribution is -2.38. The molecule has 4 heteroatoms. The van der Waals surface area contributed by atoms with Gasteiger partial charge in [0, 0.05) is 11.3 Å². The van der Waals surface area contributed by atoms with Gasteiger partial charge in [-0.25, -0.2) is 0 Å². The van der Waals surface area contributed by atoms with E-state index in [1.807, 2.05) is 11.8 Å². The number of aliphatic imine (C=N–C) groups is 1. The lowest BCUT2D eigenvalue weighted by molar-refractivity contribution is 0.493. The number of nitrogens with zero attached hydrogens (tertiary/aromatic N) is 1. The Labute approximate surface area is 111 Å². The molecule has 0 rings (SSSR count). The molecule has 3 N–H and O–H groups in total. The zero-order chi connectivity index (χ0) is 13.3. The third-order valence-electron chi connectivity index (χ3n) is 2.73. The van der Waals surface area contributed by atoms with Gasteiger partial charge < -0.3 is 11.1 Å². The fourth-order valence-electron chi connectivity index (χ4n) is 1.50. The molecule has 3 nitrogen and oxygen atoms in total. The topological polar surface area (TPSA) is 50.4 Å². The van der Waals surface area contributed by atoms with Crippen LogP contribution in [-0.4, -0.2) is 30.1 Å². The van der Waals surface area contributed by atoms with Gasteiger partial charge in [-0.15, -0.1) is 0 Å².